The molecule has 0 radical (unpaired) electrons. The van der Waals surface area contributed by atoms with Crippen LogP contribution in [-0.2, 0) is 6.54 Å². The van der Waals surface area contributed by atoms with Crippen molar-refractivity contribution in [1.82, 2.24) is 20.1 Å². The van der Waals surface area contributed by atoms with E-state index in [-0.39, 0.29) is 11.9 Å². The van der Waals surface area contributed by atoms with Crippen molar-refractivity contribution in [3.8, 4) is 10.6 Å². The first-order valence-electron chi connectivity index (χ1n) is 8.78. The van der Waals surface area contributed by atoms with Gasteiger partial charge in [0.25, 0.3) is 5.91 Å². The number of hydrogen-bond acceptors (Lipinski definition) is 5. The van der Waals surface area contributed by atoms with E-state index in [2.05, 4.69) is 43.3 Å². The molecule has 4 aromatic heterocycles. The van der Waals surface area contributed by atoms with E-state index < -0.39 is 0 Å². The number of fused-ring (bicyclic) bond motifs is 1. The first-order valence-corrected chi connectivity index (χ1v) is 10.5. The molecule has 0 fully saturated rings. The maximum Gasteiger partial charge on any atom is 0.252 e. The van der Waals surface area contributed by atoms with E-state index in [0.29, 0.717) is 12.1 Å². The Morgan fingerprint density at radius 2 is 2.15 bits per heavy atom. The predicted octanol–water partition coefficient (Wildman–Crippen LogP) is 5.04. The van der Waals surface area contributed by atoms with Crippen LogP contribution in [0.15, 0.2) is 41.9 Å². The Labute approximate surface area is 165 Å². The summed E-state index contributed by atoms with van der Waals surface area (Å²) < 4.78 is 1.87. The number of nitrogens with one attached hydrogen (secondary N) is 1. The van der Waals surface area contributed by atoms with Crippen LogP contribution in [0.3, 0.4) is 0 Å². The Kier molecular flexibility index (Phi) is 4.80. The van der Waals surface area contributed by atoms with Crippen molar-refractivity contribution in [2.24, 2.45) is 0 Å². The largest absolute Gasteiger partial charge is 0.347 e. The second-order valence-corrected chi connectivity index (χ2v) is 8.97. The van der Waals surface area contributed by atoms with Gasteiger partial charge in [0.1, 0.15) is 0 Å². The van der Waals surface area contributed by atoms with Gasteiger partial charge in [-0.1, -0.05) is 6.07 Å². The molecular weight excluding hydrogens is 376 g/mol. The minimum Gasteiger partial charge on any atom is -0.347 e. The standard InChI is InChI=1S/C20H20N4OS2/c1-12(2)24-19-16(11-22-24)15(20(25)21-10-14-5-4-8-26-14)9-17(23-19)18-7-6-13(3)27-18/h4-9,11-12H,10H2,1-3H3,(H,21,25). The minimum absolute atomic E-state index is 0.103. The normalized spacial score (nSPS) is 11.4. The van der Waals surface area contributed by atoms with Gasteiger partial charge in [-0.2, -0.15) is 5.10 Å². The maximum absolute atomic E-state index is 13.0. The number of carbonyl (C=O) groups excluding carboxylic acids is 1. The Bertz CT molecular complexity index is 1090. The van der Waals surface area contributed by atoms with Gasteiger partial charge in [0.05, 0.1) is 34.3 Å². The Hall–Kier alpha value is -2.51. The highest BCUT2D eigenvalue weighted by atomic mass is 32.1. The molecule has 0 saturated heterocycles. The predicted molar refractivity (Wildman–Crippen MR) is 111 cm³/mol. The van der Waals surface area contributed by atoms with Crippen molar-refractivity contribution in [2.45, 2.75) is 33.4 Å². The Balaban J connectivity index is 1.78. The lowest BCUT2D eigenvalue weighted by Crippen LogP contribution is -2.22. The number of carbonyl (C=O) groups is 1. The first kappa shape index (κ1) is 17.9. The lowest BCUT2D eigenvalue weighted by molar-refractivity contribution is 0.0953. The SMILES string of the molecule is Cc1ccc(-c2cc(C(=O)NCc3cccs3)c3cnn(C(C)C)c3n2)s1. The highest BCUT2D eigenvalue weighted by Crippen LogP contribution is 2.30. The number of pyridine rings is 1. The molecule has 0 aliphatic heterocycles. The average molecular weight is 397 g/mol. The van der Waals surface area contributed by atoms with Gasteiger partial charge < -0.3 is 5.32 Å². The summed E-state index contributed by atoms with van der Waals surface area (Å²) in [5.41, 5.74) is 2.17. The van der Waals surface area contributed by atoms with E-state index in [1.165, 1.54) is 4.88 Å². The molecule has 0 spiro atoms. The number of thiophene rings is 2. The summed E-state index contributed by atoms with van der Waals surface area (Å²) >= 11 is 3.31. The van der Waals surface area contributed by atoms with Gasteiger partial charge in [-0.25, -0.2) is 9.67 Å². The van der Waals surface area contributed by atoms with Crippen molar-refractivity contribution >= 4 is 39.6 Å². The summed E-state index contributed by atoms with van der Waals surface area (Å²) in [6.45, 7) is 6.71. The van der Waals surface area contributed by atoms with Crippen LogP contribution in [-0.4, -0.2) is 20.7 Å². The number of rotatable bonds is 5. The van der Waals surface area contributed by atoms with Crippen LogP contribution in [0.5, 0.6) is 0 Å². The van der Waals surface area contributed by atoms with Crippen molar-refractivity contribution < 1.29 is 4.79 Å². The van der Waals surface area contributed by atoms with Crippen LogP contribution >= 0.6 is 22.7 Å². The fourth-order valence-electron chi connectivity index (χ4n) is 2.96. The molecule has 27 heavy (non-hydrogen) atoms. The summed E-state index contributed by atoms with van der Waals surface area (Å²) in [7, 11) is 0. The molecule has 0 aliphatic carbocycles. The van der Waals surface area contributed by atoms with Crippen molar-refractivity contribution in [2.75, 3.05) is 0 Å². The molecule has 5 nitrogen and oxygen atoms in total. The summed E-state index contributed by atoms with van der Waals surface area (Å²) in [6.07, 6.45) is 1.74. The third-order valence-corrected chi connectivity index (χ3v) is 6.20. The fourth-order valence-corrected chi connectivity index (χ4v) is 4.43. The zero-order valence-electron chi connectivity index (χ0n) is 15.4. The maximum atomic E-state index is 13.0. The highest BCUT2D eigenvalue weighted by molar-refractivity contribution is 7.15. The molecule has 1 N–H and O–H groups in total. The highest BCUT2D eigenvalue weighted by Gasteiger charge is 2.19. The van der Waals surface area contributed by atoms with Crippen LogP contribution in [0.2, 0.25) is 0 Å². The molecule has 1 amide bonds. The van der Waals surface area contributed by atoms with Crippen molar-refractivity contribution in [3.05, 3.63) is 57.2 Å². The van der Waals surface area contributed by atoms with E-state index in [1.807, 2.05) is 28.3 Å². The smallest absolute Gasteiger partial charge is 0.252 e. The number of amides is 1. The zero-order valence-corrected chi connectivity index (χ0v) is 17.0. The Morgan fingerprint density at radius 1 is 1.30 bits per heavy atom. The molecular formula is C20H20N4OS2. The monoisotopic (exact) mass is 396 g/mol. The quantitative estimate of drug-likeness (QED) is 0.514. The molecule has 0 aromatic carbocycles. The first-order chi connectivity index (χ1) is 13.0. The van der Waals surface area contributed by atoms with Gasteiger partial charge in [0.2, 0.25) is 0 Å². The van der Waals surface area contributed by atoms with Gasteiger partial charge >= 0.3 is 0 Å². The molecule has 0 bridgehead atoms. The summed E-state index contributed by atoms with van der Waals surface area (Å²) in [5.74, 6) is -0.103. The van der Waals surface area contributed by atoms with Crippen LogP contribution in [0.4, 0.5) is 0 Å². The minimum atomic E-state index is -0.103. The van der Waals surface area contributed by atoms with Gasteiger partial charge in [-0.05, 0) is 50.4 Å². The fraction of sp³-hybridized carbons (Fsp3) is 0.250. The van der Waals surface area contributed by atoms with E-state index in [9.17, 15) is 4.79 Å². The Morgan fingerprint density at radius 3 is 2.81 bits per heavy atom. The molecule has 0 unspecified atom stereocenters. The zero-order chi connectivity index (χ0) is 19.0. The molecule has 4 aromatic rings. The molecule has 7 heteroatoms. The third kappa shape index (κ3) is 3.52. The second-order valence-electron chi connectivity index (χ2n) is 6.65. The summed E-state index contributed by atoms with van der Waals surface area (Å²) in [5, 5.41) is 10.3. The van der Waals surface area contributed by atoms with Crippen molar-refractivity contribution in [3.63, 3.8) is 0 Å². The van der Waals surface area contributed by atoms with E-state index in [4.69, 9.17) is 4.98 Å². The third-order valence-electron chi connectivity index (χ3n) is 4.30. The topological polar surface area (TPSA) is 59.8 Å². The molecule has 138 valence electrons. The van der Waals surface area contributed by atoms with Gasteiger partial charge in [0, 0.05) is 15.8 Å². The second kappa shape index (κ2) is 7.25. The molecule has 4 heterocycles. The van der Waals surface area contributed by atoms with E-state index in [1.54, 1.807) is 28.9 Å². The number of nitrogens with zero attached hydrogens (tertiary/aromatic N) is 3. The van der Waals surface area contributed by atoms with E-state index >= 15 is 0 Å². The van der Waals surface area contributed by atoms with Crippen LogP contribution in [0, 0.1) is 6.92 Å². The van der Waals surface area contributed by atoms with Crippen LogP contribution in [0.25, 0.3) is 21.6 Å². The summed E-state index contributed by atoms with van der Waals surface area (Å²) in [4.78, 5) is 21.2. The molecule has 0 aliphatic rings. The molecule has 0 saturated carbocycles. The van der Waals surface area contributed by atoms with Crippen LogP contribution < -0.4 is 5.32 Å². The van der Waals surface area contributed by atoms with Crippen LogP contribution in [0.1, 0.15) is 40.0 Å². The van der Waals surface area contributed by atoms with Gasteiger partial charge in [-0.15, -0.1) is 22.7 Å². The number of aryl methyl sites for hydroxylation is 1. The van der Waals surface area contributed by atoms with Crippen molar-refractivity contribution in [1.29, 1.82) is 0 Å². The van der Waals surface area contributed by atoms with Gasteiger partial charge in [0.15, 0.2) is 5.65 Å². The van der Waals surface area contributed by atoms with Gasteiger partial charge in [-0.3, -0.25) is 4.79 Å². The summed E-state index contributed by atoms with van der Waals surface area (Å²) in [6, 6.07) is 10.2. The molecule has 0 atom stereocenters. The van der Waals surface area contributed by atoms with E-state index in [0.717, 1.165) is 26.5 Å². The number of aromatic nitrogens is 3. The average Bonchev–Trinajstić information content (AvgIpc) is 3.38. The molecule has 4 rings (SSSR count). The lowest BCUT2D eigenvalue weighted by atomic mass is 10.1. The number of hydrogen-bond donors (Lipinski definition) is 1. The lowest BCUT2D eigenvalue weighted by Gasteiger charge is -2.10.